The Kier molecular flexibility index (Phi) is 4.42. The van der Waals surface area contributed by atoms with E-state index in [1.807, 2.05) is 31.2 Å². The van der Waals surface area contributed by atoms with E-state index in [0.29, 0.717) is 6.54 Å². The lowest BCUT2D eigenvalue weighted by atomic mass is 10.1. The molecule has 0 aliphatic carbocycles. The summed E-state index contributed by atoms with van der Waals surface area (Å²) >= 11 is 0. The van der Waals surface area contributed by atoms with Crippen LogP contribution < -0.4 is 11.1 Å². The third kappa shape index (κ3) is 3.63. The van der Waals surface area contributed by atoms with Crippen LogP contribution in [-0.4, -0.2) is 20.9 Å². The van der Waals surface area contributed by atoms with Crippen LogP contribution in [0.2, 0.25) is 0 Å². The second kappa shape index (κ2) is 6.68. The Balaban J connectivity index is 1.77. The summed E-state index contributed by atoms with van der Waals surface area (Å²) in [6, 6.07) is 10.8. The van der Waals surface area contributed by atoms with Crippen LogP contribution in [0.15, 0.2) is 42.5 Å². The number of nitrogens with one attached hydrogen (secondary N) is 1. The van der Waals surface area contributed by atoms with Gasteiger partial charge >= 0.3 is 0 Å². The van der Waals surface area contributed by atoms with Crippen molar-refractivity contribution in [2.75, 3.05) is 11.1 Å². The van der Waals surface area contributed by atoms with Crippen molar-refractivity contribution in [3.05, 3.63) is 70.9 Å². The summed E-state index contributed by atoms with van der Waals surface area (Å²) < 4.78 is 27.5. The number of nitrogens with two attached hydrogens (primary N) is 1. The van der Waals surface area contributed by atoms with Crippen LogP contribution in [0.25, 0.3) is 0 Å². The molecule has 0 fully saturated rings. The molecule has 128 valence electrons. The standard InChI is InChI=1S/C17H15F2N5O/c1-10-3-2-4-11(7-10)9-24-16(20)15(22-23-24)17(25)21-12-5-6-13(18)14(19)8-12/h2-8H,9,20H2,1H3,(H,21,25). The molecule has 0 saturated carbocycles. The molecular weight excluding hydrogens is 328 g/mol. The number of benzene rings is 2. The molecule has 0 unspecified atom stereocenters. The van der Waals surface area contributed by atoms with Crippen molar-refractivity contribution < 1.29 is 13.6 Å². The minimum absolute atomic E-state index is 0.0848. The van der Waals surface area contributed by atoms with Crippen LogP contribution in [0.4, 0.5) is 20.3 Å². The first-order valence-electron chi connectivity index (χ1n) is 7.45. The number of nitrogens with zero attached hydrogens (tertiary/aromatic N) is 3. The molecule has 3 aromatic rings. The minimum Gasteiger partial charge on any atom is -0.382 e. The van der Waals surface area contributed by atoms with Gasteiger partial charge in [0.1, 0.15) is 0 Å². The monoisotopic (exact) mass is 343 g/mol. The van der Waals surface area contributed by atoms with Gasteiger partial charge in [0.05, 0.1) is 6.54 Å². The molecule has 3 rings (SSSR count). The summed E-state index contributed by atoms with van der Waals surface area (Å²) in [6.45, 7) is 2.33. The molecule has 0 spiro atoms. The van der Waals surface area contributed by atoms with Crippen LogP contribution in [0, 0.1) is 18.6 Å². The van der Waals surface area contributed by atoms with Crippen molar-refractivity contribution in [1.82, 2.24) is 15.0 Å². The van der Waals surface area contributed by atoms with Crippen LogP contribution in [0.3, 0.4) is 0 Å². The second-order valence-corrected chi connectivity index (χ2v) is 5.55. The number of halogens is 2. The summed E-state index contributed by atoms with van der Waals surface area (Å²) in [5, 5.41) is 10.1. The third-order valence-electron chi connectivity index (χ3n) is 3.58. The SMILES string of the molecule is Cc1cccc(Cn2nnc(C(=O)Nc3ccc(F)c(F)c3)c2N)c1. The van der Waals surface area contributed by atoms with Gasteiger partial charge in [-0.2, -0.15) is 0 Å². The Morgan fingerprint density at radius 3 is 2.72 bits per heavy atom. The van der Waals surface area contributed by atoms with E-state index in [1.54, 1.807) is 0 Å². The summed E-state index contributed by atoms with van der Waals surface area (Å²) in [5.41, 5.74) is 8.00. The molecule has 3 N–H and O–H groups in total. The highest BCUT2D eigenvalue weighted by Crippen LogP contribution is 2.16. The summed E-state index contributed by atoms with van der Waals surface area (Å²) in [7, 11) is 0. The molecule has 0 atom stereocenters. The van der Waals surface area contributed by atoms with Gasteiger partial charge in [0, 0.05) is 11.8 Å². The smallest absolute Gasteiger partial charge is 0.280 e. The average molecular weight is 343 g/mol. The Bertz CT molecular complexity index is 939. The first-order chi connectivity index (χ1) is 11.9. The zero-order chi connectivity index (χ0) is 18.0. The van der Waals surface area contributed by atoms with Gasteiger partial charge < -0.3 is 11.1 Å². The van der Waals surface area contributed by atoms with Crippen LogP contribution in [0.5, 0.6) is 0 Å². The molecule has 8 heteroatoms. The molecular formula is C17H15F2N5O. The third-order valence-corrected chi connectivity index (χ3v) is 3.58. The Morgan fingerprint density at radius 2 is 2.00 bits per heavy atom. The predicted molar refractivity (Wildman–Crippen MR) is 89.0 cm³/mol. The first kappa shape index (κ1) is 16.6. The number of aryl methyl sites for hydroxylation is 1. The highest BCUT2D eigenvalue weighted by atomic mass is 19.2. The number of carbonyl (C=O) groups excluding carboxylic acids is 1. The zero-order valence-corrected chi connectivity index (χ0v) is 13.3. The van der Waals surface area contributed by atoms with Gasteiger partial charge in [-0.25, -0.2) is 13.5 Å². The minimum atomic E-state index is -1.06. The molecule has 25 heavy (non-hydrogen) atoms. The van der Waals surface area contributed by atoms with E-state index < -0.39 is 17.5 Å². The van der Waals surface area contributed by atoms with Crippen molar-refractivity contribution in [1.29, 1.82) is 0 Å². The fourth-order valence-electron chi connectivity index (χ4n) is 2.35. The Hall–Kier alpha value is -3.29. The number of hydrogen-bond acceptors (Lipinski definition) is 4. The van der Waals surface area contributed by atoms with Crippen molar-refractivity contribution >= 4 is 17.4 Å². The lowest BCUT2D eigenvalue weighted by Crippen LogP contribution is -2.15. The molecule has 0 aliphatic rings. The summed E-state index contributed by atoms with van der Waals surface area (Å²) in [4.78, 5) is 12.2. The van der Waals surface area contributed by atoms with Crippen molar-refractivity contribution in [2.24, 2.45) is 0 Å². The van der Waals surface area contributed by atoms with E-state index in [2.05, 4.69) is 15.6 Å². The normalized spacial score (nSPS) is 10.7. The fourth-order valence-corrected chi connectivity index (χ4v) is 2.35. The van der Waals surface area contributed by atoms with Crippen LogP contribution in [-0.2, 0) is 6.54 Å². The Labute approximate surface area is 142 Å². The topological polar surface area (TPSA) is 85.8 Å². The molecule has 1 amide bonds. The van der Waals surface area contributed by atoms with E-state index in [1.165, 1.54) is 10.7 Å². The molecule has 1 heterocycles. The molecule has 1 aromatic heterocycles. The maximum absolute atomic E-state index is 13.2. The molecule has 6 nitrogen and oxygen atoms in total. The highest BCUT2D eigenvalue weighted by molar-refractivity contribution is 6.05. The lowest BCUT2D eigenvalue weighted by molar-refractivity contribution is 0.102. The summed E-state index contributed by atoms with van der Waals surface area (Å²) in [6.07, 6.45) is 0. The zero-order valence-electron chi connectivity index (χ0n) is 13.3. The number of amides is 1. The maximum atomic E-state index is 13.2. The molecule has 0 radical (unpaired) electrons. The van der Waals surface area contributed by atoms with E-state index in [9.17, 15) is 13.6 Å². The van der Waals surface area contributed by atoms with Gasteiger partial charge in [0.15, 0.2) is 23.1 Å². The van der Waals surface area contributed by atoms with E-state index in [-0.39, 0.29) is 17.2 Å². The van der Waals surface area contributed by atoms with Gasteiger partial charge in [0.25, 0.3) is 5.91 Å². The second-order valence-electron chi connectivity index (χ2n) is 5.55. The highest BCUT2D eigenvalue weighted by Gasteiger charge is 2.18. The molecule has 0 bridgehead atoms. The first-order valence-corrected chi connectivity index (χ1v) is 7.45. The van der Waals surface area contributed by atoms with E-state index >= 15 is 0 Å². The average Bonchev–Trinajstić information content (AvgIpc) is 2.92. The number of carbonyl (C=O) groups is 1. The molecule has 0 aliphatic heterocycles. The lowest BCUT2D eigenvalue weighted by Gasteiger charge is -2.06. The van der Waals surface area contributed by atoms with Gasteiger partial charge in [0.2, 0.25) is 0 Å². The quantitative estimate of drug-likeness (QED) is 0.763. The van der Waals surface area contributed by atoms with Crippen LogP contribution in [0.1, 0.15) is 21.6 Å². The summed E-state index contributed by atoms with van der Waals surface area (Å²) in [5.74, 6) is -2.63. The van der Waals surface area contributed by atoms with Crippen molar-refractivity contribution in [3.63, 3.8) is 0 Å². The van der Waals surface area contributed by atoms with Crippen molar-refractivity contribution in [2.45, 2.75) is 13.5 Å². The van der Waals surface area contributed by atoms with Gasteiger partial charge in [-0.3, -0.25) is 4.79 Å². The van der Waals surface area contributed by atoms with Gasteiger partial charge in [-0.15, -0.1) is 5.10 Å². The molecule has 2 aromatic carbocycles. The molecule has 0 saturated heterocycles. The van der Waals surface area contributed by atoms with Crippen molar-refractivity contribution in [3.8, 4) is 0 Å². The van der Waals surface area contributed by atoms with E-state index in [4.69, 9.17) is 5.73 Å². The van der Waals surface area contributed by atoms with Gasteiger partial charge in [-0.05, 0) is 24.6 Å². The van der Waals surface area contributed by atoms with Gasteiger partial charge in [-0.1, -0.05) is 35.0 Å². The maximum Gasteiger partial charge on any atom is 0.280 e. The number of aromatic nitrogens is 3. The largest absolute Gasteiger partial charge is 0.382 e. The fraction of sp³-hybridized carbons (Fsp3) is 0.118. The van der Waals surface area contributed by atoms with Crippen LogP contribution >= 0.6 is 0 Å². The number of anilines is 2. The predicted octanol–water partition coefficient (Wildman–Crippen LogP) is 2.75. The number of nitrogen functional groups attached to an aromatic ring is 1. The number of rotatable bonds is 4. The van der Waals surface area contributed by atoms with E-state index in [0.717, 1.165) is 23.3 Å². The number of hydrogen-bond donors (Lipinski definition) is 2. The Morgan fingerprint density at radius 1 is 1.20 bits per heavy atom.